The third-order valence-electron chi connectivity index (χ3n) is 4.01. The van der Waals surface area contributed by atoms with Gasteiger partial charge in [-0.15, -0.1) is 11.3 Å². The number of aldehydes is 1. The number of rotatable bonds is 3. The quantitative estimate of drug-likeness (QED) is 0.456. The average molecular weight is 353 g/mol. The monoisotopic (exact) mass is 352 g/mol. The van der Waals surface area contributed by atoms with Crippen LogP contribution in [0.25, 0.3) is 27.5 Å². The zero-order chi connectivity index (χ0) is 16.7. The molecule has 0 radical (unpaired) electrons. The zero-order valence-corrected chi connectivity index (χ0v) is 14.4. The average Bonchev–Trinajstić information content (AvgIpc) is 3.17. The fraction of sp³-hybridized carbons (Fsp3) is 0.0526. The van der Waals surface area contributed by atoms with Crippen LogP contribution >= 0.6 is 22.9 Å². The van der Waals surface area contributed by atoms with Gasteiger partial charge in [0.2, 0.25) is 0 Å². The van der Waals surface area contributed by atoms with E-state index in [9.17, 15) is 4.79 Å². The minimum atomic E-state index is 0.562. The predicted octanol–water partition coefficient (Wildman–Crippen LogP) is 5.50. The van der Waals surface area contributed by atoms with E-state index in [-0.39, 0.29) is 0 Å². The lowest BCUT2D eigenvalue weighted by atomic mass is 10.1. The van der Waals surface area contributed by atoms with Crippen molar-refractivity contribution in [1.29, 1.82) is 0 Å². The van der Waals surface area contributed by atoms with Gasteiger partial charge in [-0.1, -0.05) is 48.0 Å². The number of halogens is 1. The molecule has 0 saturated carbocycles. The summed E-state index contributed by atoms with van der Waals surface area (Å²) in [5, 5.41) is 2.74. The minimum absolute atomic E-state index is 0.562. The molecule has 0 amide bonds. The summed E-state index contributed by atoms with van der Waals surface area (Å²) in [6, 6.07) is 15.7. The van der Waals surface area contributed by atoms with Gasteiger partial charge in [0.05, 0.1) is 5.69 Å². The van der Waals surface area contributed by atoms with Crippen LogP contribution in [0.5, 0.6) is 0 Å². The topological polar surface area (TPSA) is 34.4 Å². The third-order valence-corrected chi connectivity index (χ3v) is 5.26. The fourth-order valence-corrected chi connectivity index (χ4v) is 3.83. The molecule has 2 aromatic carbocycles. The number of carbonyl (C=O) groups is 1. The van der Waals surface area contributed by atoms with Gasteiger partial charge in [0.1, 0.15) is 11.4 Å². The van der Waals surface area contributed by atoms with Crippen LogP contribution in [0.2, 0.25) is 5.02 Å². The summed E-state index contributed by atoms with van der Waals surface area (Å²) in [5.74, 6) is 0. The summed E-state index contributed by atoms with van der Waals surface area (Å²) < 4.78 is 1.92. The molecule has 0 saturated heterocycles. The second-order valence-electron chi connectivity index (χ2n) is 5.53. The summed E-state index contributed by atoms with van der Waals surface area (Å²) in [5.41, 5.74) is 5.14. The van der Waals surface area contributed by atoms with Crippen LogP contribution in [-0.2, 0) is 0 Å². The number of aromatic nitrogens is 2. The molecule has 0 N–H and O–H groups in total. The van der Waals surface area contributed by atoms with Crippen LogP contribution in [0.3, 0.4) is 0 Å². The Morgan fingerprint density at radius 1 is 1.12 bits per heavy atom. The van der Waals surface area contributed by atoms with E-state index in [1.165, 1.54) is 11.3 Å². The summed E-state index contributed by atoms with van der Waals surface area (Å²) in [6.45, 7) is 1.94. The smallest absolute Gasteiger partial charge is 0.195 e. The Morgan fingerprint density at radius 3 is 2.62 bits per heavy atom. The maximum Gasteiger partial charge on any atom is 0.195 e. The Bertz CT molecular complexity index is 1050. The molecule has 0 unspecified atom stereocenters. The largest absolute Gasteiger partial charge is 0.296 e. The molecule has 0 aliphatic heterocycles. The first kappa shape index (κ1) is 15.1. The van der Waals surface area contributed by atoms with Crippen molar-refractivity contribution in [2.75, 3.05) is 0 Å². The summed E-state index contributed by atoms with van der Waals surface area (Å²) >= 11 is 7.64. The molecule has 0 aliphatic rings. The predicted molar refractivity (Wildman–Crippen MR) is 99.1 cm³/mol. The van der Waals surface area contributed by atoms with Gasteiger partial charge < -0.3 is 0 Å². The number of carbonyl (C=O) groups excluding carboxylic acids is 1. The van der Waals surface area contributed by atoms with E-state index in [4.69, 9.17) is 11.6 Å². The number of thiazole rings is 1. The zero-order valence-electron chi connectivity index (χ0n) is 12.9. The number of benzene rings is 2. The lowest BCUT2D eigenvalue weighted by Crippen LogP contribution is -1.94. The van der Waals surface area contributed by atoms with Gasteiger partial charge in [-0.25, -0.2) is 4.98 Å². The van der Waals surface area contributed by atoms with Crippen molar-refractivity contribution in [3.05, 3.63) is 70.2 Å². The Morgan fingerprint density at radius 2 is 1.92 bits per heavy atom. The molecule has 0 aliphatic carbocycles. The molecular formula is C19H13ClN2OS. The van der Waals surface area contributed by atoms with Gasteiger partial charge in [-0.05, 0) is 30.2 Å². The molecular weight excluding hydrogens is 340 g/mol. The fourth-order valence-electron chi connectivity index (χ4n) is 2.80. The van der Waals surface area contributed by atoms with Crippen molar-refractivity contribution in [2.45, 2.75) is 6.92 Å². The molecule has 2 heterocycles. The van der Waals surface area contributed by atoms with Crippen LogP contribution in [-0.4, -0.2) is 15.7 Å². The Labute approximate surface area is 148 Å². The minimum Gasteiger partial charge on any atom is -0.296 e. The highest BCUT2D eigenvalue weighted by atomic mass is 35.5. The lowest BCUT2D eigenvalue weighted by Gasteiger charge is -2.04. The lowest BCUT2D eigenvalue weighted by molar-refractivity contribution is 0.111. The number of hydrogen-bond acceptors (Lipinski definition) is 3. The number of nitrogens with zero attached hydrogens (tertiary/aromatic N) is 2. The molecule has 4 rings (SSSR count). The van der Waals surface area contributed by atoms with E-state index >= 15 is 0 Å². The first-order chi connectivity index (χ1) is 11.7. The van der Waals surface area contributed by atoms with E-state index in [2.05, 4.69) is 4.98 Å². The molecule has 0 fully saturated rings. The van der Waals surface area contributed by atoms with E-state index in [0.29, 0.717) is 16.4 Å². The van der Waals surface area contributed by atoms with Crippen LogP contribution in [0.4, 0.5) is 0 Å². The van der Waals surface area contributed by atoms with Crippen molar-refractivity contribution in [2.24, 2.45) is 0 Å². The van der Waals surface area contributed by atoms with Crippen molar-refractivity contribution in [3.8, 4) is 22.5 Å². The normalized spacial score (nSPS) is 11.1. The van der Waals surface area contributed by atoms with E-state index < -0.39 is 0 Å². The molecule has 4 aromatic rings. The molecule has 118 valence electrons. The molecule has 3 nitrogen and oxygen atoms in total. The standard InChI is InChI=1S/C19H13ClN2OS/c1-12-9-14(7-8-15(12)20)18-16(10-23)22-17(11-24-19(22)21-18)13-5-3-2-4-6-13/h2-11H,1H3. The molecule has 2 aromatic heterocycles. The first-order valence-corrected chi connectivity index (χ1v) is 8.72. The molecule has 0 spiro atoms. The number of fused-ring (bicyclic) bond motifs is 1. The van der Waals surface area contributed by atoms with Gasteiger partial charge in [0, 0.05) is 16.0 Å². The maximum absolute atomic E-state index is 11.8. The Balaban J connectivity index is 1.97. The third kappa shape index (κ3) is 2.35. The van der Waals surface area contributed by atoms with Crippen LogP contribution in [0, 0.1) is 6.92 Å². The Kier molecular flexibility index (Phi) is 3.71. The molecule has 24 heavy (non-hydrogen) atoms. The van der Waals surface area contributed by atoms with E-state index in [1.54, 1.807) is 0 Å². The van der Waals surface area contributed by atoms with Crippen molar-refractivity contribution < 1.29 is 4.79 Å². The van der Waals surface area contributed by atoms with Crippen molar-refractivity contribution in [3.63, 3.8) is 0 Å². The highest BCUT2D eigenvalue weighted by molar-refractivity contribution is 7.15. The van der Waals surface area contributed by atoms with Crippen LogP contribution < -0.4 is 0 Å². The number of aryl methyl sites for hydroxylation is 1. The van der Waals surface area contributed by atoms with Crippen molar-refractivity contribution in [1.82, 2.24) is 9.38 Å². The second-order valence-corrected chi connectivity index (χ2v) is 6.78. The molecule has 5 heteroatoms. The summed E-state index contributed by atoms with van der Waals surface area (Å²) in [4.78, 5) is 17.3. The van der Waals surface area contributed by atoms with Crippen LogP contribution in [0.15, 0.2) is 53.9 Å². The number of hydrogen-bond donors (Lipinski definition) is 0. The molecule has 0 bridgehead atoms. The van der Waals surface area contributed by atoms with Gasteiger partial charge in [0.25, 0.3) is 0 Å². The summed E-state index contributed by atoms with van der Waals surface area (Å²) in [7, 11) is 0. The van der Waals surface area contributed by atoms with E-state index in [0.717, 1.165) is 33.6 Å². The molecule has 0 atom stereocenters. The van der Waals surface area contributed by atoms with Gasteiger partial charge >= 0.3 is 0 Å². The summed E-state index contributed by atoms with van der Waals surface area (Å²) in [6.07, 6.45) is 0.873. The Hall–Kier alpha value is -2.43. The van der Waals surface area contributed by atoms with Gasteiger partial charge in [-0.3, -0.25) is 9.20 Å². The van der Waals surface area contributed by atoms with E-state index in [1.807, 2.05) is 65.2 Å². The SMILES string of the molecule is Cc1cc(-c2nc3scc(-c4ccccc4)n3c2C=O)ccc1Cl. The highest BCUT2D eigenvalue weighted by Crippen LogP contribution is 2.33. The first-order valence-electron chi connectivity index (χ1n) is 7.46. The van der Waals surface area contributed by atoms with Gasteiger partial charge in [0.15, 0.2) is 11.2 Å². The highest BCUT2D eigenvalue weighted by Gasteiger charge is 2.18. The second kappa shape index (κ2) is 5.89. The van der Waals surface area contributed by atoms with Gasteiger partial charge in [-0.2, -0.15) is 0 Å². The van der Waals surface area contributed by atoms with Crippen molar-refractivity contribution >= 4 is 34.2 Å². The van der Waals surface area contributed by atoms with Crippen LogP contribution in [0.1, 0.15) is 16.1 Å². The number of imidazole rings is 1. The maximum atomic E-state index is 11.8.